The van der Waals surface area contributed by atoms with Gasteiger partial charge in [-0.25, -0.2) is 0 Å². The fourth-order valence-electron chi connectivity index (χ4n) is 2.44. The second kappa shape index (κ2) is 2.23. The van der Waals surface area contributed by atoms with E-state index in [0.717, 1.165) is 19.3 Å². The highest BCUT2D eigenvalue weighted by atomic mass is 16.3. The van der Waals surface area contributed by atoms with E-state index in [-0.39, 0.29) is 5.92 Å². The lowest BCUT2D eigenvalue weighted by atomic mass is 9.59. The maximum atomic E-state index is 10.1. The number of hydrogen-bond acceptors (Lipinski definition) is 1. The monoisotopic (exact) mass is 164 g/mol. The molecule has 3 atom stereocenters. The number of hydrogen-bond donors (Lipinski definition) is 1. The maximum absolute atomic E-state index is 10.1. The van der Waals surface area contributed by atoms with Crippen molar-refractivity contribution < 1.29 is 5.11 Å². The molecule has 0 aromatic rings. The van der Waals surface area contributed by atoms with E-state index in [9.17, 15) is 5.11 Å². The topological polar surface area (TPSA) is 20.2 Å². The summed E-state index contributed by atoms with van der Waals surface area (Å²) in [6.07, 6.45) is 9.13. The summed E-state index contributed by atoms with van der Waals surface area (Å²) in [6, 6.07) is 0. The van der Waals surface area contributed by atoms with E-state index in [4.69, 9.17) is 0 Å². The van der Waals surface area contributed by atoms with Gasteiger partial charge in [0, 0.05) is 5.92 Å². The third-order valence-electron chi connectivity index (χ3n) is 3.48. The Balaban J connectivity index is 2.37. The Bertz CT molecular complexity index is 243. The average molecular weight is 164 g/mol. The first-order valence-corrected chi connectivity index (χ1v) is 4.63. The molecule has 0 heterocycles. The van der Waals surface area contributed by atoms with Gasteiger partial charge in [-0.2, -0.15) is 0 Å². The zero-order valence-corrected chi connectivity index (χ0v) is 7.59. The lowest BCUT2D eigenvalue weighted by Gasteiger charge is -2.49. The molecule has 0 spiro atoms. The van der Waals surface area contributed by atoms with Gasteiger partial charge in [-0.05, 0) is 24.7 Å². The highest BCUT2D eigenvalue weighted by molar-refractivity contribution is 5.22. The van der Waals surface area contributed by atoms with Crippen LogP contribution in [-0.4, -0.2) is 10.7 Å². The Hall–Kier alpha value is -0.560. The molecule has 0 aliphatic heterocycles. The average Bonchev–Trinajstić information content (AvgIpc) is 2.07. The third kappa shape index (κ3) is 0.962. The van der Waals surface area contributed by atoms with Crippen molar-refractivity contribution in [2.75, 3.05) is 0 Å². The minimum atomic E-state index is -0.570. The van der Waals surface area contributed by atoms with Crippen LogP contribution in [0.15, 0.2) is 24.8 Å². The first-order valence-electron chi connectivity index (χ1n) is 4.63. The molecule has 0 amide bonds. The number of rotatable bonds is 1. The predicted molar refractivity (Wildman–Crippen MR) is 49.7 cm³/mol. The molecule has 3 aliphatic rings. The van der Waals surface area contributed by atoms with Crippen molar-refractivity contribution in [1.29, 1.82) is 0 Å². The SMILES string of the molecule is C=CC1CC2(C)C=CC1(O)CC2. The molecular formula is C11H16O. The van der Waals surface area contributed by atoms with Crippen LogP contribution in [-0.2, 0) is 0 Å². The van der Waals surface area contributed by atoms with Gasteiger partial charge in [0.2, 0.25) is 0 Å². The molecule has 0 aromatic heterocycles. The van der Waals surface area contributed by atoms with E-state index >= 15 is 0 Å². The van der Waals surface area contributed by atoms with Crippen LogP contribution in [0.3, 0.4) is 0 Å². The van der Waals surface area contributed by atoms with Crippen molar-refractivity contribution in [3.05, 3.63) is 24.8 Å². The van der Waals surface area contributed by atoms with Crippen LogP contribution in [0.4, 0.5) is 0 Å². The van der Waals surface area contributed by atoms with Crippen LogP contribution in [0.5, 0.6) is 0 Å². The Morgan fingerprint density at radius 3 is 2.67 bits per heavy atom. The minimum absolute atomic E-state index is 0.265. The molecule has 3 rings (SSSR count). The largest absolute Gasteiger partial charge is 0.385 e. The van der Waals surface area contributed by atoms with Crippen molar-refractivity contribution in [1.82, 2.24) is 0 Å². The predicted octanol–water partition coefficient (Wildman–Crippen LogP) is 2.28. The number of fused-ring (bicyclic) bond motifs is 2. The second-order valence-corrected chi connectivity index (χ2v) is 4.52. The molecule has 1 fully saturated rings. The van der Waals surface area contributed by atoms with Crippen molar-refractivity contribution in [2.45, 2.75) is 31.8 Å². The Kier molecular flexibility index (Phi) is 1.50. The zero-order chi connectivity index (χ0) is 8.82. The standard InChI is InChI=1S/C11H16O/c1-3-9-8-10(2)4-6-11(9,12)7-5-10/h3-4,6,9,12H,1,5,7-8H2,2H3. The van der Waals surface area contributed by atoms with Gasteiger partial charge in [-0.3, -0.25) is 0 Å². The number of allylic oxidation sites excluding steroid dienone is 1. The molecule has 1 saturated carbocycles. The summed E-state index contributed by atoms with van der Waals surface area (Å²) in [6.45, 7) is 6.05. The van der Waals surface area contributed by atoms with Gasteiger partial charge in [0.15, 0.2) is 0 Å². The maximum Gasteiger partial charge on any atom is 0.0890 e. The van der Waals surface area contributed by atoms with Gasteiger partial charge in [0.1, 0.15) is 0 Å². The van der Waals surface area contributed by atoms with Crippen LogP contribution >= 0.6 is 0 Å². The van der Waals surface area contributed by atoms with Gasteiger partial charge in [-0.15, -0.1) is 6.58 Å². The minimum Gasteiger partial charge on any atom is -0.385 e. The van der Waals surface area contributed by atoms with Crippen LogP contribution in [0.2, 0.25) is 0 Å². The van der Waals surface area contributed by atoms with Crippen molar-refractivity contribution in [3.63, 3.8) is 0 Å². The summed E-state index contributed by atoms with van der Waals surface area (Å²) in [7, 11) is 0. The van der Waals surface area contributed by atoms with E-state index in [1.165, 1.54) is 0 Å². The van der Waals surface area contributed by atoms with E-state index in [0.29, 0.717) is 5.41 Å². The molecule has 1 nitrogen and oxygen atoms in total. The summed E-state index contributed by atoms with van der Waals surface area (Å²) in [5.41, 5.74) is -0.247. The summed E-state index contributed by atoms with van der Waals surface area (Å²) in [5.74, 6) is 0.265. The molecule has 12 heavy (non-hydrogen) atoms. The summed E-state index contributed by atoms with van der Waals surface area (Å²) < 4.78 is 0. The Morgan fingerprint density at radius 1 is 1.50 bits per heavy atom. The second-order valence-electron chi connectivity index (χ2n) is 4.52. The first kappa shape index (κ1) is 8.06. The molecule has 2 bridgehead atoms. The van der Waals surface area contributed by atoms with E-state index in [2.05, 4.69) is 19.6 Å². The molecule has 0 radical (unpaired) electrons. The molecular weight excluding hydrogens is 148 g/mol. The lowest BCUT2D eigenvalue weighted by molar-refractivity contribution is -0.0285. The van der Waals surface area contributed by atoms with Crippen molar-refractivity contribution in [3.8, 4) is 0 Å². The van der Waals surface area contributed by atoms with E-state index < -0.39 is 5.60 Å². The van der Waals surface area contributed by atoms with Crippen LogP contribution in [0, 0.1) is 11.3 Å². The Morgan fingerprint density at radius 2 is 2.25 bits per heavy atom. The highest BCUT2D eigenvalue weighted by Gasteiger charge is 2.46. The van der Waals surface area contributed by atoms with Crippen LogP contribution in [0.1, 0.15) is 26.2 Å². The molecule has 1 heteroatoms. The molecule has 0 aromatic carbocycles. The molecule has 66 valence electrons. The van der Waals surface area contributed by atoms with Crippen LogP contribution in [0.25, 0.3) is 0 Å². The van der Waals surface area contributed by atoms with Gasteiger partial charge < -0.3 is 5.11 Å². The van der Waals surface area contributed by atoms with Gasteiger partial charge in [0.25, 0.3) is 0 Å². The normalized spacial score (nSPS) is 51.0. The third-order valence-corrected chi connectivity index (χ3v) is 3.48. The quantitative estimate of drug-likeness (QED) is 0.589. The van der Waals surface area contributed by atoms with E-state index in [1.807, 2.05) is 12.2 Å². The van der Waals surface area contributed by atoms with Gasteiger partial charge in [0.05, 0.1) is 5.60 Å². The van der Waals surface area contributed by atoms with Crippen LogP contribution < -0.4 is 0 Å². The highest BCUT2D eigenvalue weighted by Crippen LogP contribution is 2.50. The summed E-state index contributed by atoms with van der Waals surface area (Å²) in [4.78, 5) is 0. The molecule has 3 aliphatic carbocycles. The van der Waals surface area contributed by atoms with E-state index in [1.54, 1.807) is 0 Å². The molecule has 0 saturated heterocycles. The smallest absolute Gasteiger partial charge is 0.0890 e. The lowest BCUT2D eigenvalue weighted by Crippen LogP contribution is -2.47. The first-order chi connectivity index (χ1) is 5.58. The zero-order valence-electron chi connectivity index (χ0n) is 7.59. The van der Waals surface area contributed by atoms with Crippen molar-refractivity contribution >= 4 is 0 Å². The van der Waals surface area contributed by atoms with Crippen molar-refractivity contribution in [2.24, 2.45) is 11.3 Å². The fraction of sp³-hybridized carbons (Fsp3) is 0.636. The molecule has 1 N–H and O–H groups in total. The summed E-state index contributed by atoms with van der Waals surface area (Å²) in [5, 5.41) is 10.1. The Labute approximate surface area is 73.8 Å². The van der Waals surface area contributed by atoms with Gasteiger partial charge >= 0.3 is 0 Å². The fourth-order valence-corrected chi connectivity index (χ4v) is 2.44. The summed E-state index contributed by atoms with van der Waals surface area (Å²) >= 11 is 0. The number of aliphatic hydroxyl groups is 1. The molecule has 3 unspecified atom stereocenters. The van der Waals surface area contributed by atoms with Gasteiger partial charge in [-0.1, -0.05) is 25.2 Å².